The third-order valence-electron chi connectivity index (χ3n) is 3.56. The zero-order chi connectivity index (χ0) is 21.1. The normalized spacial score (nSPS) is 12.9. The maximum Gasteiger partial charge on any atom is 0.417 e. The average Bonchev–Trinajstić information content (AvgIpc) is 2.60. The number of hydrogen-bond acceptors (Lipinski definition) is 5. The zero-order valence-electron chi connectivity index (χ0n) is 13.9. The van der Waals surface area contributed by atoms with Crippen LogP contribution in [0.5, 0.6) is 0 Å². The van der Waals surface area contributed by atoms with Crippen molar-refractivity contribution in [1.82, 2.24) is 0 Å². The Kier molecular flexibility index (Phi) is 6.06. The number of sulfone groups is 1. The van der Waals surface area contributed by atoms with E-state index in [4.69, 9.17) is 5.26 Å². The molecule has 0 unspecified atom stereocenters. The van der Waals surface area contributed by atoms with E-state index < -0.39 is 61.3 Å². The van der Waals surface area contributed by atoms with E-state index in [0.29, 0.717) is 6.07 Å². The number of anilines is 1. The Morgan fingerprint density at radius 2 is 1.86 bits per heavy atom. The summed E-state index contributed by atoms with van der Waals surface area (Å²) in [6, 6.07) is 7.99. The lowest BCUT2D eigenvalue weighted by molar-refractivity contribution is -0.137. The van der Waals surface area contributed by atoms with E-state index in [1.165, 1.54) is 18.2 Å². The van der Waals surface area contributed by atoms with Crippen LogP contribution in [0.4, 0.5) is 23.2 Å². The number of rotatable bonds is 5. The van der Waals surface area contributed by atoms with Crippen LogP contribution in [0.2, 0.25) is 0 Å². The molecule has 0 aliphatic rings. The molecule has 0 aliphatic carbocycles. The molecule has 1 atom stereocenters. The molecule has 1 amide bonds. The van der Waals surface area contributed by atoms with Gasteiger partial charge in [-0.1, -0.05) is 12.1 Å². The quantitative estimate of drug-likeness (QED) is 0.729. The van der Waals surface area contributed by atoms with Crippen molar-refractivity contribution in [2.75, 3.05) is 11.1 Å². The molecule has 28 heavy (non-hydrogen) atoms. The zero-order valence-corrected chi connectivity index (χ0v) is 14.7. The lowest BCUT2D eigenvalue weighted by atomic mass is 10.1. The van der Waals surface area contributed by atoms with E-state index in [1.807, 2.05) is 5.32 Å². The predicted octanol–water partition coefficient (Wildman–Crippen LogP) is 2.49. The second-order valence-electron chi connectivity index (χ2n) is 5.59. The number of nitrogens with zero attached hydrogens (tertiary/aromatic N) is 1. The molecule has 2 rings (SSSR count). The molecule has 148 valence electrons. The number of carbonyl (C=O) groups is 1. The number of amides is 1. The molecular weight excluding hydrogens is 404 g/mol. The van der Waals surface area contributed by atoms with Crippen molar-refractivity contribution in [1.29, 1.82) is 5.26 Å². The van der Waals surface area contributed by atoms with E-state index in [0.717, 1.165) is 24.3 Å². The van der Waals surface area contributed by atoms with Crippen molar-refractivity contribution in [2.45, 2.75) is 17.2 Å². The minimum Gasteiger partial charge on any atom is -0.382 e. The van der Waals surface area contributed by atoms with E-state index >= 15 is 0 Å². The summed E-state index contributed by atoms with van der Waals surface area (Å²) in [6.45, 7) is 0. The number of hydrogen-bond donors (Lipinski definition) is 2. The molecule has 0 saturated heterocycles. The van der Waals surface area contributed by atoms with E-state index in [-0.39, 0.29) is 0 Å². The van der Waals surface area contributed by atoms with Crippen LogP contribution in [-0.2, 0) is 20.8 Å². The summed E-state index contributed by atoms with van der Waals surface area (Å²) in [7, 11) is -4.38. The lowest BCUT2D eigenvalue weighted by Crippen LogP contribution is -2.34. The standard InChI is InChI=1S/C17H12F4N2O4S/c18-13-3-1-2-4-15(13)28(26,27)9-14(24)16(25)23-11-6-5-10(8-22)12(7-11)17(19,20)21/h1-7,14,24H,9H2,(H,23,25)/t14-/m1/s1. The molecule has 0 aliphatic heterocycles. The van der Waals surface area contributed by atoms with Crippen LogP contribution in [-0.4, -0.2) is 31.3 Å². The van der Waals surface area contributed by atoms with Crippen LogP contribution >= 0.6 is 0 Å². The fourth-order valence-corrected chi connectivity index (χ4v) is 3.65. The van der Waals surface area contributed by atoms with Crippen molar-refractivity contribution in [2.24, 2.45) is 0 Å². The molecule has 2 N–H and O–H groups in total. The van der Waals surface area contributed by atoms with Gasteiger partial charge in [0.2, 0.25) is 0 Å². The average molecular weight is 416 g/mol. The van der Waals surface area contributed by atoms with Gasteiger partial charge >= 0.3 is 6.18 Å². The maximum atomic E-state index is 13.6. The minimum absolute atomic E-state index is 0.404. The van der Waals surface area contributed by atoms with Crippen LogP contribution in [0.15, 0.2) is 47.4 Å². The molecule has 6 nitrogen and oxygen atoms in total. The van der Waals surface area contributed by atoms with E-state index in [2.05, 4.69) is 0 Å². The number of nitrogens with one attached hydrogen (secondary N) is 1. The van der Waals surface area contributed by atoms with Gasteiger partial charge < -0.3 is 10.4 Å². The fourth-order valence-electron chi connectivity index (χ4n) is 2.25. The molecule has 0 saturated carbocycles. The Balaban J connectivity index is 2.19. The summed E-state index contributed by atoms with van der Waals surface area (Å²) in [4.78, 5) is 11.2. The summed E-state index contributed by atoms with van der Waals surface area (Å²) < 4.78 is 76.7. The first-order valence-electron chi connectivity index (χ1n) is 7.53. The minimum atomic E-state index is -4.86. The Morgan fingerprint density at radius 3 is 2.43 bits per heavy atom. The molecule has 0 spiro atoms. The number of aliphatic hydroxyl groups excluding tert-OH is 1. The van der Waals surface area contributed by atoms with Crippen LogP contribution in [0.1, 0.15) is 11.1 Å². The van der Waals surface area contributed by atoms with Crippen LogP contribution < -0.4 is 5.32 Å². The third-order valence-corrected chi connectivity index (χ3v) is 5.32. The maximum absolute atomic E-state index is 13.6. The van der Waals surface area contributed by atoms with Gasteiger partial charge in [0.25, 0.3) is 5.91 Å². The molecule has 2 aromatic carbocycles. The topological polar surface area (TPSA) is 107 Å². The molecule has 2 aromatic rings. The first-order chi connectivity index (χ1) is 13.0. The van der Waals surface area contributed by atoms with Gasteiger partial charge in [0, 0.05) is 5.69 Å². The highest BCUT2D eigenvalue weighted by Gasteiger charge is 2.34. The molecular formula is C17H12F4N2O4S. The van der Waals surface area contributed by atoms with E-state index in [1.54, 1.807) is 0 Å². The summed E-state index contributed by atoms with van der Waals surface area (Å²) in [5.74, 6) is -3.56. The number of carbonyl (C=O) groups excluding carboxylic acids is 1. The highest BCUT2D eigenvalue weighted by Crippen LogP contribution is 2.33. The summed E-state index contributed by atoms with van der Waals surface area (Å²) >= 11 is 0. The van der Waals surface area contributed by atoms with Gasteiger partial charge in [-0.15, -0.1) is 0 Å². The highest BCUT2D eigenvalue weighted by molar-refractivity contribution is 7.91. The number of nitriles is 1. The van der Waals surface area contributed by atoms with Gasteiger partial charge in [-0.2, -0.15) is 18.4 Å². The van der Waals surface area contributed by atoms with Crippen LogP contribution in [0.3, 0.4) is 0 Å². The van der Waals surface area contributed by atoms with Crippen molar-refractivity contribution >= 4 is 21.4 Å². The van der Waals surface area contributed by atoms with Gasteiger partial charge in [0.05, 0.1) is 22.9 Å². The van der Waals surface area contributed by atoms with Crippen molar-refractivity contribution in [3.63, 3.8) is 0 Å². The van der Waals surface area contributed by atoms with Crippen molar-refractivity contribution < 1.29 is 35.9 Å². The number of halogens is 4. The van der Waals surface area contributed by atoms with Crippen molar-refractivity contribution in [3.8, 4) is 6.07 Å². The first kappa shape index (κ1) is 21.3. The Morgan fingerprint density at radius 1 is 1.21 bits per heavy atom. The van der Waals surface area contributed by atoms with Gasteiger partial charge in [-0.3, -0.25) is 4.79 Å². The number of aliphatic hydroxyl groups is 1. The van der Waals surface area contributed by atoms with Crippen LogP contribution in [0, 0.1) is 17.1 Å². The summed E-state index contributed by atoms with van der Waals surface area (Å²) in [5, 5.41) is 20.5. The molecule has 11 heteroatoms. The number of benzene rings is 2. The van der Waals surface area contributed by atoms with E-state index in [9.17, 15) is 35.9 Å². The van der Waals surface area contributed by atoms with Gasteiger partial charge in [-0.05, 0) is 30.3 Å². The molecule has 0 radical (unpaired) electrons. The summed E-state index contributed by atoms with van der Waals surface area (Å²) in [6.07, 6.45) is -7.03. The second kappa shape index (κ2) is 7.95. The Bertz CT molecular complexity index is 1050. The summed E-state index contributed by atoms with van der Waals surface area (Å²) in [5.41, 5.74) is -2.38. The fraction of sp³-hybridized carbons (Fsp3) is 0.176. The predicted molar refractivity (Wildman–Crippen MR) is 89.2 cm³/mol. The molecule has 0 fully saturated rings. The SMILES string of the molecule is N#Cc1ccc(NC(=O)[C@H](O)CS(=O)(=O)c2ccccc2F)cc1C(F)(F)F. The molecule has 0 aromatic heterocycles. The second-order valence-corrected chi connectivity index (χ2v) is 7.59. The third kappa shape index (κ3) is 4.85. The van der Waals surface area contributed by atoms with Crippen LogP contribution in [0.25, 0.3) is 0 Å². The Hall–Kier alpha value is -2.97. The van der Waals surface area contributed by atoms with Gasteiger partial charge in [0.1, 0.15) is 16.8 Å². The molecule has 0 heterocycles. The largest absolute Gasteiger partial charge is 0.417 e. The number of alkyl halides is 3. The van der Waals surface area contributed by atoms with Crippen molar-refractivity contribution in [3.05, 3.63) is 59.4 Å². The highest BCUT2D eigenvalue weighted by atomic mass is 32.2. The lowest BCUT2D eigenvalue weighted by Gasteiger charge is -2.14. The van der Waals surface area contributed by atoms with Gasteiger partial charge in [0.15, 0.2) is 9.84 Å². The first-order valence-corrected chi connectivity index (χ1v) is 9.18. The smallest absolute Gasteiger partial charge is 0.382 e. The Labute approximate surface area is 156 Å². The monoisotopic (exact) mass is 416 g/mol. The molecule has 0 bridgehead atoms. The van der Waals surface area contributed by atoms with Gasteiger partial charge in [-0.25, -0.2) is 12.8 Å².